The van der Waals surface area contributed by atoms with Crippen LogP contribution in [-0.4, -0.2) is 48.7 Å². The van der Waals surface area contributed by atoms with Gasteiger partial charge in [-0.25, -0.2) is 8.42 Å². The Kier molecular flexibility index (Phi) is 4.85. The van der Waals surface area contributed by atoms with E-state index in [1.54, 1.807) is 29.2 Å². The van der Waals surface area contributed by atoms with Crippen LogP contribution in [0.2, 0.25) is 0 Å². The third kappa shape index (κ3) is 3.84. The summed E-state index contributed by atoms with van der Waals surface area (Å²) in [4.78, 5) is 25.6. The Bertz CT molecular complexity index is 766. The normalized spacial score (nSPS) is 19.8. The van der Waals surface area contributed by atoms with Gasteiger partial charge in [-0.05, 0) is 50.6 Å². The van der Waals surface area contributed by atoms with E-state index in [-0.39, 0.29) is 18.4 Å². The van der Waals surface area contributed by atoms with Crippen molar-refractivity contribution in [2.45, 2.75) is 31.1 Å². The van der Waals surface area contributed by atoms with Crippen molar-refractivity contribution >= 4 is 27.3 Å². The molecular weight excluding hydrogens is 328 g/mol. The van der Waals surface area contributed by atoms with Gasteiger partial charge in [0.05, 0.1) is 5.25 Å². The molecule has 1 atom stereocenters. The number of likely N-dealkylation sites (tertiary alicyclic amines) is 1. The zero-order valence-electron chi connectivity index (χ0n) is 14.1. The van der Waals surface area contributed by atoms with Gasteiger partial charge >= 0.3 is 0 Å². The van der Waals surface area contributed by atoms with Crippen molar-refractivity contribution in [2.24, 2.45) is 0 Å². The maximum atomic E-state index is 12.8. The maximum Gasteiger partial charge on any atom is 0.254 e. The predicted molar refractivity (Wildman–Crippen MR) is 93.6 cm³/mol. The summed E-state index contributed by atoms with van der Waals surface area (Å²) in [6.45, 7) is 7.31. The van der Waals surface area contributed by atoms with Crippen LogP contribution in [0.5, 0.6) is 0 Å². The second-order valence-corrected chi connectivity index (χ2v) is 8.98. The van der Waals surface area contributed by atoms with Gasteiger partial charge in [-0.2, -0.15) is 0 Å². The van der Waals surface area contributed by atoms with Crippen LogP contribution in [0, 0.1) is 0 Å². The highest BCUT2D eigenvalue weighted by molar-refractivity contribution is 7.91. The number of nitrogens with zero attached hydrogens (tertiary/aromatic N) is 1. The predicted octanol–water partition coefficient (Wildman–Crippen LogP) is 1.85. The molecule has 0 radical (unpaired) electrons. The molecule has 1 unspecified atom stereocenters. The Morgan fingerprint density at radius 1 is 1.29 bits per heavy atom. The quantitative estimate of drug-likeness (QED) is 0.840. The van der Waals surface area contributed by atoms with E-state index in [2.05, 4.69) is 11.9 Å². The minimum absolute atomic E-state index is 0.194. The van der Waals surface area contributed by atoms with Crippen molar-refractivity contribution < 1.29 is 18.0 Å². The summed E-state index contributed by atoms with van der Waals surface area (Å²) < 4.78 is 23.6. The van der Waals surface area contributed by atoms with E-state index >= 15 is 0 Å². The first-order valence-corrected chi connectivity index (χ1v) is 9.54. The van der Waals surface area contributed by atoms with Gasteiger partial charge in [-0.1, -0.05) is 6.58 Å². The molecule has 1 aliphatic rings. The molecule has 0 spiro atoms. The Hall–Kier alpha value is -2.15. The van der Waals surface area contributed by atoms with Crippen molar-refractivity contribution in [2.75, 3.05) is 18.1 Å². The second kappa shape index (κ2) is 6.39. The van der Waals surface area contributed by atoms with Gasteiger partial charge in [-0.15, -0.1) is 0 Å². The number of carbonyl (C=O) groups excluding carboxylic acids is 2. The molecule has 1 fully saturated rings. The second-order valence-electron chi connectivity index (χ2n) is 6.65. The summed E-state index contributed by atoms with van der Waals surface area (Å²) in [5, 5.41) is 2.07. The summed E-state index contributed by atoms with van der Waals surface area (Å²) in [5.41, 5.74) is 0.487. The highest BCUT2D eigenvalue weighted by atomic mass is 32.2. The lowest BCUT2D eigenvalue weighted by Crippen LogP contribution is -2.42. The summed E-state index contributed by atoms with van der Waals surface area (Å²) in [6, 6.07) is 6.49. The van der Waals surface area contributed by atoms with Gasteiger partial charge in [-0.3, -0.25) is 9.59 Å². The molecule has 1 aliphatic heterocycles. The lowest BCUT2D eigenvalue weighted by atomic mass is 10.0. The third-order valence-corrected chi connectivity index (χ3v) is 5.81. The highest BCUT2D eigenvalue weighted by Gasteiger charge is 2.45. The fraction of sp³-hybridized carbons (Fsp3) is 0.412. The first-order valence-electron chi connectivity index (χ1n) is 7.59. The molecule has 6 nitrogen and oxygen atoms in total. The van der Waals surface area contributed by atoms with Gasteiger partial charge in [0.1, 0.15) is 0 Å². The van der Waals surface area contributed by atoms with E-state index in [0.29, 0.717) is 17.7 Å². The van der Waals surface area contributed by atoms with E-state index in [4.69, 9.17) is 0 Å². The molecule has 7 heteroatoms. The third-order valence-electron chi connectivity index (χ3n) is 4.28. The van der Waals surface area contributed by atoms with Gasteiger partial charge in [0.2, 0.25) is 5.91 Å². The number of sulfone groups is 1. The van der Waals surface area contributed by atoms with Crippen molar-refractivity contribution in [3.05, 3.63) is 42.5 Å². The van der Waals surface area contributed by atoms with Crippen molar-refractivity contribution in [3.8, 4) is 0 Å². The molecule has 1 heterocycles. The molecule has 1 aromatic carbocycles. The van der Waals surface area contributed by atoms with Gasteiger partial charge in [0, 0.05) is 29.6 Å². The van der Waals surface area contributed by atoms with Crippen LogP contribution in [0.25, 0.3) is 0 Å². The van der Waals surface area contributed by atoms with Gasteiger partial charge in [0.25, 0.3) is 5.91 Å². The largest absolute Gasteiger partial charge is 0.332 e. The van der Waals surface area contributed by atoms with Crippen molar-refractivity contribution in [1.29, 1.82) is 0 Å². The Balaban J connectivity index is 2.19. The Morgan fingerprint density at radius 3 is 2.33 bits per heavy atom. The summed E-state index contributed by atoms with van der Waals surface area (Å²) in [5.74, 6) is -0.543. The molecule has 0 bridgehead atoms. The molecule has 130 valence electrons. The van der Waals surface area contributed by atoms with Crippen LogP contribution in [0.3, 0.4) is 0 Å². The molecule has 1 saturated heterocycles. The minimum Gasteiger partial charge on any atom is -0.332 e. The number of rotatable bonds is 4. The zero-order chi connectivity index (χ0) is 18.1. The first kappa shape index (κ1) is 18.2. The number of amides is 2. The lowest BCUT2D eigenvalue weighted by Gasteiger charge is -2.31. The molecule has 2 amide bonds. The SMILES string of the molecule is C=CC(=O)Nc1ccc(C(=O)N2CC(S(C)(=O)=O)CC2(C)C)cc1. The molecule has 1 N–H and O–H groups in total. The average molecular weight is 350 g/mol. The highest BCUT2D eigenvalue weighted by Crippen LogP contribution is 2.33. The number of hydrogen-bond acceptors (Lipinski definition) is 4. The summed E-state index contributed by atoms with van der Waals surface area (Å²) in [7, 11) is -3.20. The number of hydrogen-bond donors (Lipinski definition) is 1. The van der Waals surface area contributed by atoms with Crippen LogP contribution in [0.15, 0.2) is 36.9 Å². The fourth-order valence-corrected chi connectivity index (χ4v) is 4.00. The average Bonchev–Trinajstić information content (AvgIpc) is 2.83. The summed E-state index contributed by atoms with van der Waals surface area (Å²) in [6.07, 6.45) is 2.79. The zero-order valence-corrected chi connectivity index (χ0v) is 14.9. The first-order chi connectivity index (χ1) is 11.0. The topological polar surface area (TPSA) is 83.6 Å². The number of carbonyl (C=O) groups is 2. The smallest absolute Gasteiger partial charge is 0.254 e. The fourth-order valence-electron chi connectivity index (χ4n) is 2.87. The van der Waals surface area contributed by atoms with E-state index in [1.165, 1.54) is 6.26 Å². The van der Waals surface area contributed by atoms with Crippen LogP contribution in [-0.2, 0) is 14.6 Å². The number of nitrogens with one attached hydrogen (secondary N) is 1. The van der Waals surface area contributed by atoms with Crippen LogP contribution in [0.4, 0.5) is 5.69 Å². The van der Waals surface area contributed by atoms with E-state index in [9.17, 15) is 18.0 Å². The molecule has 2 rings (SSSR count). The minimum atomic E-state index is -3.20. The summed E-state index contributed by atoms with van der Waals surface area (Å²) >= 11 is 0. The Morgan fingerprint density at radius 2 is 1.88 bits per heavy atom. The lowest BCUT2D eigenvalue weighted by molar-refractivity contribution is -0.111. The van der Waals surface area contributed by atoms with Crippen LogP contribution < -0.4 is 5.32 Å². The number of anilines is 1. The molecule has 1 aromatic rings. The standard InChI is InChI=1S/C17H22N2O4S/c1-5-15(20)18-13-8-6-12(7-9-13)16(21)19-11-14(24(4,22)23)10-17(19,2)3/h5-9,14H,1,10-11H2,2-4H3,(H,18,20). The van der Waals surface area contributed by atoms with Crippen LogP contribution >= 0.6 is 0 Å². The molecule has 0 saturated carbocycles. The maximum absolute atomic E-state index is 12.8. The molecule has 0 aliphatic carbocycles. The molecular formula is C17H22N2O4S. The molecule has 24 heavy (non-hydrogen) atoms. The van der Waals surface area contributed by atoms with Crippen molar-refractivity contribution in [3.63, 3.8) is 0 Å². The van der Waals surface area contributed by atoms with Crippen LogP contribution in [0.1, 0.15) is 30.6 Å². The van der Waals surface area contributed by atoms with Crippen molar-refractivity contribution in [1.82, 2.24) is 4.90 Å². The van der Waals surface area contributed by atoms with E-state index in [1.807, 2.05) is 13.8 Å². The van der Waals surface area contributed by atoms with Gasteiger partial charge < -0.3 is 10.2 Å². The monoisotopic (exact) mass is 350 g/mol. The van der Waals surface area contributed by atoms with E-state index in [0.717, 1.165) is 6.08 Å². The molecule has 0 aromatic heterocycles. The van der Waals surface area contributed by atoms with E-state index < -0.39 is 20.6 Å². The number of benzene rings is 1. The Labute approximate surface area is 142 Å². The van der Waals surface area contributed by atoms with Gasteiger partial charge in [0.15, 0.2) is 9.84 Å².